The zero-order valence-corrected chi connectivity index (χ0v) is 11.5. The first-order valence-corrected chi connectivity index (χ1v) is 6.47. The summed E-state index contributed by atoms with van der Waals surface area (Å²) in [4.78, 5) is 4.39. The van der Waals surface area contributed by atoms with Crippen molar-refractivity contribution in [3.05, 3.63) is 65.2 Å². The van der Waals surface area contributed by atoms with Gasteiger partial charge in [0, 0.05) is 23.9 Å². The third kappa shape index (κ3) is 2.99. The first kappa shape index (κ1) is 13.7. The Labute approximate surface area is 113 Å². The standard InChI is InChI=1S/C16H19FN2/c1-11-7-8-13(17)10-14(11)16(18-3)12(2)15-6-4-5-9-19-15/h4-10,12,16,18H,1-3H3. The van der Waals surface area contributed by atoms with E-state index in [2.05, 4.69) is 17.2 Å². The fourth-order valence-electron chi connectivity index (χ4n) is 2.44. The number of aryl methyl sites for hydroxylation is 1. The monoisotopic (exact) mass is 258 g/mol. The summed E-state index contributed by atoms with van der Waals surface area (Å²) in [5, 5.41) is 3.28. The van der Waals surface area contributed by atoms with Gasteiger partial charge >= 0.3 is 0 Å². The lowest BCUT2D eigenvalue weighted by atomic mass is 9.89. The van der Waals surface area contributed by atoms with E-state index in [0.717, 1.165) is 16.8 Å². The van der Waals surface area contributed by atoms with E-state index in [1.54, 1.807) is 12.3 Å². The van der Waals surface area contributed by atoms with Gasteiger partial charge < -0.3 is 5.32 Å². The van der Waals surface area contributed by atoms with Crippen LogP contribution in [0.25, 0.3) is 0 Å². The van der Waals surface area contributed by atoms with Crippen molar-refractivity contribution in [2.24, 2.45) is 0 Å². The van der Waals surface area contributed by atoms with Crippen molar-refractivity contribution >= 4 is 0 Å². The van der Waals surface area contributed by atoms with Crippen molar-refractivity contribution in [2.45, 2.75) is 25.8 Å². The lowest BCUT2D eigenvalue weighted by Crippen LogP contribution is -2.23. The molecule has 1 aromatic carbocycles. The number of benzene rings is 1. The van der Waals surface area contributed by atoms with Crippen LogP contribution in [0.3, 0.4) is 0 Å². The van der Waals surface area contributed by atoms with E-state index in [1.165, 1.54) is 6.07 Å². The molecule has 3 heteroatoms. The summed E-state index contributed by atoms with van der Waals surface area (Å²) in [7, 11) is 1.90. The number of pyridine rings is 1. The minimum Gasteiger partial charge on any atom is -0.312 e. The predicted octanol–water partition coefficient (Wildman–Crippen LogP) is 3.59. The normalized spacial score (nSPS) is 14.1. The Hall–Kier alpha value is -1.74. The molecule has 0 fully saturated rings. The Kier molecular flexibility index (Phi) is 4.27. The number of rotatable bonds is 4. The molecule has 1 heterocycles. The molecule has 19 heavy (non-hydrogen) atoms. The highest BCUT2D eigenvalue weighted by atomic mass is 19.1. The Bertz CT molecular complexity index is 540. The van der Waals surface area contributed by atoms with Crippen molar-refractivity contribution in [3.8, 4) is 0 Å². The van der Waals surface area contributed by atoms with Crippen LogP contribution in [0.4, 0.5) is 4.39 Å². The summed E-state index contributed by atoms with van der Waals surface area (Å²) in [6.07, 6.45) is 1.79. The van der Waals surface area contributed by atoms with Crippen molar-refractivity contribution in [3.63, 3.8) is 0 Å². The summed E-state index contributed by atoms with van der Waals surface area (Å²) < 4.78 is 13.5. The Morgan fingerprint density at radius 2 is 2.00 bits per heavy atom. The molecule has 2 aromatic rings. The number of hydrogen-bond acceptors (Lipinski definition) is 2. The third-order valence-corrected chi connectivity index (χ3v) is 3.54. The van der Waals surface area contributed by atoms with Gasteiger partial charge in [-0.3, -0.25) is 4.98 Å². The fraction of sp³-hybridized carbons (Fsp3) is 0.312. The molecule has 2 unspecified atom stereocenters. The van der Waals surface area contributed by atoms with E-state index in [0.29, 0.717) is 0 Å². The number of likely N-dealkylation sites (N-methyl/N-ethyl adjacent to an activating group) is 1. The Morgan fingerprint density at radius 3 is 2.63 bits per heavy atom. The average Bonchev–Trinajstić information content (AvgIpc) is 2.44. The second-order valence-electron chi connectivity index (χ2n) is 4.81. The van der Waals surface area contributed by atoms with Crippen LogP contribution in [0, 0.1) is 12.7 Å². The molecule has 2 rings (SSSR count). The SMILES string of the molecule is CNC(c1cc(F)ccc1C)C(C)c1ccccn1. The molecular weight excluding hydrogens is 239 g/mol. The van der Waals surface area contributed by atoms with Gasteiger partial charge in [-0.05, 0) is 49.4 Å². The van der Waals surface area contributed by atoms with E-state index < -0.39 is 0 Å². The maximum atomic E-state index is 13.5. The molecule has 1 aromatic heterocycles. The largest absolute Gasteiger partial charge is 0.312 e. The van der Waals surface area contributed by atoms with Crippen LogP contribution in [0.2, 0.25) is 0 Å². The van der Waals surface area contributed by atoms with Crippen LogP contribution < -0.4 is 5.32 Å². The van der Waals surface area contributed by atoms with E-state index in [9.17, 15) is 4.39 Å². The second kappa shape index (κ2) is 5.93. The molecule has 100 valence electrons. The van der Waals surface area contributed by atoms with Gasteiger partial charge in [0.25, 0.3) is 0 Å². The number of hydrogen-bond donors (Lipinski definition) is 1. The molecule has 2 atom stereocenters. The summed E-state index contributed by atoms with van der Waals surface area (Å²) in [5.74, 6) is -0.0271. The summed E-state index contributed by atoms with van der Waals surface area (Å²) in [6.45, 7) is 4.11. The van der Waals surface area contributed by atoms with Gasteiger partial charge in [0.05, 0.1) is 0 Å². The molecule has 1 N–H and O–H groups in total. The minimum atomic E-state index is -0.200. The van der Waals surface area contributed by atoms with Crippen molar-refractivity contribution in [1.29, 1.82) is 0 Å². The van der Waals surface area contributed by atoms with Gasteiger partial charge in [0.15, 0.2) is 0 Å². The minimum absolute atomic E-state index is 0.0469. The van der Waals surface area contributed by atoms with E-state index in [-0.39, 0.29) is 17.8 Å². The highest BCUT2D eigenvalue weighted by Crippen LogP contribution is 2.31. The molecule has 0 bridgehead atoms. The summed E-state index contributed by atoms with van der Waals surface area (Å²) >= 11 is 0. The molecule has 0 aliphatic carbocycles. The Morgan fingerprint density at radius 1 is 1.21 bits per heavy atom. The van der Waals surface area contributed by atoms with Crippen LogP contribution in [-0.2, 0) is 0 Å². The third-order valence-electron chi connectivity index (χ3n) is 3.54. The molecule has 0 aliphatic heterocycles. The predicted molar refractivity (Wildman–Crippen MR) is 75.6 cm³/mol. The summed E-state index contributed by atoms with van der Waals surface area (Å²) in [6, 6.07) is 10.9. The van der Waals surface area contributed by atoms with E-state index in [1.807, 2.05) is 38.2 Å². The number of aromatic nitrogens is 1. The summed E-state index contributed by atoms with van der Waals surface area (Å²) in [5.41, 5.74) is 3.08. The number of nitrogens with one attached hydrogen (secondary N) is 1. The molecule has 0 spiro atoms. The first-order valence-electron chi connectivity index (χ1n) is 6.47. The first-order chi connectivity index (χ1) is 9.13. The molecule has 0 saturated heterocycles. The molecule has 0 aliphatic rings. The lowest BCUT2D eigenvalue weighted by molar-refractivity contribution is 0.493. The van der Waals surface area contributed by atoms with E-state index >= 15 is 0 Å². The van der Waals surface area contributed by atoms with Crippen molar-refractivity contribution in [2.75, 3.05) is 7.05 Å². The van der Waals surface area contributed by atoms with Crippen LogP contribution in [-0.4, -0.2) is 12.0 Å². The fourth-order valence-corrected chi connectivity index (χ4v) is 2.44. The number of halogens is 1. The molecular formula is C16H19FN2. The number of nitrogens with zero attached hydrogens (tertiary/aromatic N) is 1. The molecule has 0 radical (unpaired) electrons. The van der Waals surface area contributed by atoms with Gasteiger partial charge in [0.2, 0.25) is 0 Å². The van der Waals surface area contributed by atoms with Gasteiger partial charge in [-0.25, -0.2) is 4.39 Å². The molecule has 0 saturated carbocycles. The van der Waals surface area contributed by atoms with Gasteiger partial charge in [-0.2, -0.15) is 0 Å². The lowest BCUT2D eigenvalue weighted by Gasteiger charge is -2.25. The van der Waals surface area contributed by atoms with Crippen LogP contribution >= 0.6 is 0 Å². The second-order valence-corrected chi connectivity index (χ2v) is 4.81. The van der Waals surface area contributed by atoms with Crippen LogP contribution in [0.5, 0.6) is 0 Å². The topological polar surface area (TPSA) is 24.9 Å². The average molecular weight is 258 g/mol. The highest BCUT2D eigenvalue weighted by molar-refractivity contribution is 5.32. The van der Waals surface area contributed by atoms with E-state index in [4.69, 9.17) is 0 Å². The molecule has 2 nitrogen and oxygen atoms in total. The zero-order chi connectivity index (χ0) is 13.8. The zero-order valence-electron chi connectivity index (χ0n) is 11.5. The maximum absolute atomic E-state index is 13.5. The highest BCUT2D eigenvalue weighted by Gasteiger charge is 2.22. The van der Waals surface area contributed by atoms with Gasteiger partial charge in [0.1, 0.15) is 5.82 Å². The van der Waals surface area contributed by atoms with Crippen molar-refractivity contribution < 1.29 is 4.39 Å². The quantitative estimate of drug-likeness (QED) is 0.906. The van der Waals surface area contributed by atoms with Crippen LogP contribution in [0.1, 0.15) is 35.7 Å². The maximum Gasteiger partial charge on any atom is 0.123 e. The van der Waals surface area contributed by atoms with Crippen molar-refractivity contribution in [1.82, 2.24) is 10.3 Å². The molecule has 0 amide bonds. The van der Waals surface area contributed by atoms with Crippen LogP contribution in [0.15, 0.2) is 42.6 Å². The smallest absolute Gasteiger partial charge is 0.123 e. The van der Waals surface area contributed by atoms with Gasteiger partial charge in [-0.15, -0.1) is 0 Å². The van der Waals surface area contributed by atoms with Gasteiger partial charge in [-0.1, -0.05) is 19.1 Å². The Balaban J connectivity index is 2.37.